The van der Waals surface area contributed by atoms with Gasteiger partial charge < -0.3 is 15.1 Å². The van der Waals surface area contributed by atoms with E-state index < -0.39 is 0 Å². The Morgan fingerprint density at radius 2 is 1.41 bits per heavy atom. The van der Waals surface area contributed by atoms with Gasteiger partial charge in [-0.15, -0.1) is 0 Å². The second kappa shape index (κ2) is 10.1. The summed E-state index contributed by atoms with van der Waals surface area (Å²) in [4.78, 5) is 30.2. The van der Waals surface area contributed by atoms with Crippen LogP contribution in [0.1, 0.15) is 33.9 Å². The zero-order chi connectivity index (χ0) is 22.3. The topological polar surface area (TPSA) is 52.6 Å². The van der Waals surface area contributed by atoms with Gasteiger partial charge in [-0.2, -0.15) is 0 Å². The maximum atomic E-state index is 13.2. The Balaban J connectivity index is 1.41. The third-order valence-corrected chi connectivity index (χ3v) is 6.01. The summed E-state index contributed by atoms with van der Waals surface area (Å²) in [6, 6.07) is 26.8. The van der Waals surface area contributed by atoms with Crippen LogP contribution in [0.15, 0.2) is 84.9 Å². The summed E-state index contributed by atoms with van der Waals surface area (Å²) < 4.78 is 0. The third kappa shape index (κ3) is 5.17. The molecule has 5 heteroatoms. The molecule has 0 aromatic heterocycles. The maximum absolute atomic E-state index is 13.2. The average Bonchev–Trinajstić information content (AvgIpc) is 2.85. The first-order valence-electron chi connectivity index (χ1n) is 11.1. The number of para-hydroxylation sites is 1. The molecule has 1 saturated heterocycles. The number of benzene rings is 3. The van der Waals surface area contributed by atoms with E-state index in [1.165, 1.54) is 11.3 Å². The van der Waals surface area contributed by atoms with E-state index in [9.17, 15) is 9.59 Å². The number of aryl methyl sites for hydroxylation is 1. The molecule has 0 bridgehead atoms. The van der Waals surface area contributed by atoms with Crippen LogP contribution in [0.5, 0.6) is 0 Å². The highest BCUT2D eigenvalue weighted by Gasteiger charge is 2.26. The first-order chi connectivity index (χ1) is 15.6. The van der Waals surface area contributed by atoms with Crippen LogP contribution in [0.2, 0.25) is 0 Å². The van der Waals surface area contributed by atoms with Gasteiger partial charge in [-0.3, -0.25) is 9.59 Å². The monoisotopic (exact) mass is 427 g/mol. The van der Waals surface area contributed by atoms with E-state index in [4.69, 9.17) is 0 Å². The molecule has 1 N–H and O–H groups in total. The molecule has 0 aliphatic carbocycles. The molecule has 4 rings (SSSR count). The Bertz CT molecular complexity index is 1040. The van der Waals surface area contributed by atoms with Crippen molar-refractivity contribution in [2.75, 3.05) is 31.1 Å². The molecule has 5 nitrogen and oxygen atoms in total. The number of hydrogen-bond acceptors (Lipinski definition) is 3. The molecule has 0 unspecified atom stereocenters. The minimum Gasteiger partial charge on any atom is -0.368 e. The van der Waals surface area contributed by atoms with Crippen molar-refractivity contribution < 1.29 is 9.59 Å². The maximum Gasteiger partial charge on any atom is 0.251 e. The van der Waals surface area contributed by atoms with Crippen LogP contribution in [0.4, 0.5) is 5.69 Å². The molecule has 0 spiro atoms. The SMILES string of the molecule is Cc1ccccc1N1CCN(C(=O)C[C@@H](NC(=O)c2ccccc2)c2ccccc2)CC1. The highest BCUT2D eigenvalue weighted by Crippen LogP contribution is 2.23. The van der Waals surface area contributed by atoms with Crippen LogP contribution < -0.4 is 10.2 Å². The van der Waals surface area contributed by atoms with Gasteiger partial charge in [0, 0.05) is 37.4 Å². The van der Waals surface area contributed by atoms with Crippen LogP contribution in [-0.4, -0.2) is 42.9 Å². The highest BCUT2D eigenvalue weighted by molar-refractivity contribution is 5.94. The second-order valence-electron chi connectivity index (χ2n) is 8.16. The first-order valence-corrected chi connectivity index (χ1v) is 11.1. The summed E-state index contributed by atoms with van der Waals surface area (Å²) in [5, 5.41) is 3.06. The zero-order valence-corrected chi connectivity index (χ0v) is 18.4. The van der Waals surface area contributed by atoms with Gasteiger partial charge in [0.1, 0.15) is 0 Å². The molecule has 1 atom stereocenters. The van der Waals surface area contributed by atoms with Crippen molar-refractivity contribution in [2.24, 2.45) is 0 Å². The largest absolute Gasteiger partial charge is 0.368 e. The molecular weight excluding hydrogens is 398 g/mol. The van der Waals surface area contributed by atoms with Crippen molar-refractivity contribution in [3.05, 3.63) is 102 Å². The third-order valence-electron chi connectivity index (χ3n) is 6.01. The minimum atomic E-state index is -0.370. The Kier molecular flexibility index (Phi) is 6.85. The van der Waals surface area contributed by atoms with Gasteiger partial charge in [0.25, 0.3) is 5.91 Å². The van der Waals surface area contributed by atoms with Crippen molar-refractivity contribution in [1.82, 2.24) is 10.2 Å². The number of amides is 2. The van der Waals surface area contributed by atoms with E-state index in [-0.39, 0.29) is 24.3 Å². The molecule has 1 fully saturated rings. The molecular formula is C27H29N3O2. The molecule has 164 valence electrons. The second-order valence-corrected chi connectivity index (χ2v) is 8.16. The fourth-order valence-corrected chi connectivity index (χ4v) is 4.19. The highest BCUT2D eigenvalue weighted by atomic mass is 16.2. The summed E-state index contributed by atoms with van der Waals surface area (Å²) in [6.07, 6.45) is 0.243. The van der Waals surface area contributed by atoms with Crippen LogP contribution in [0.3, 0.4) is 0 Å². The van der Waals surface area contributed by atoms with Crippen LogP contribution >= 0.6 is 0 Å². The average molecular weight is 428 g/mol. The van der Waals surface area contributed by atoms with Gasteiger partial charge in [-0.25, -0.2) is 0 Å². The predicted molar refractivity (Wildman–Crippen MR) is 128 cm³/mol. The molecule has 32 heavy (non-hydrogen) atoms. The Morgan fingerprint density at radius 3 is 2.06 bits per heavy atom. The van der Waals surface area contributed by atoms with E-state index in [0.717, 1.165) is 18.7 Å². The molecule has 1 aliphatic rings. The fourth-order valence-electron chi connectivity index (χ4n) is 4.19. The fraction of sp³-hybridized carbons (Fsp3) is 0.259. The van der Waals surface area contributed by atoms with E-state index in [1.54, 1.807) is 12.1 Å². The lowest BCUT2D eigenvalue weighted by Gasteiger charge is -2.37. The number of carbonyl (C=O) groups excluding carboxylic acids is 2. The van der Waals surface area contributed by atoms with Crippen molar-refractivity contribution in [3.63, 3.8) is 0 Å². The molecule has 1 aliphatic heterocycles. The van der Waals surface area contributed by atoms with E-state index >= 15 is 0 Å². The normalized spacial score (nSPS) is 14.7. The van der Waals surface area contributed by atoms with Gasteiger partial charge in [0.15, 0.2) is 0 Å². The lowest BCUT2D eigenvalue weighted by molar-refractivity contribution is -0.132. The van der Waals surface area contributed by atoms with Crippen molar-refractivity contribution in [3.8, 4) is 0 Å². The van der Waals surface area contributed by atoms with Crippen molar-refractivity contribution >= 4 is 17.5 Å². The van der Waals surface area contributed by atoms with Gasteiger partial charge in [0.2, 0.25) is 5.91 Å². The lowest BCUT2D eigenvalue weighted by Crippen LogP contribution is -2.49. The van der Waals surface area contributed by atoms with E-state index in [1.807, 2.05) is 59.5 Å². The van der Waals surface area contributed by atoms with Crippen LogP contribution in [-0.2, 0) is 4.79 Å². The number of piperazine rings is 1. The summed E-state index contributed by atoms with van der Waals surface area (Å²) in [7, 11) is 0. The Labute approximate surface area is 189 Å². The van der Waals surface area contributed by atoms with Gasteiger partial charge in [-0.1, -0.05) is 66.7 Å². The number of carbonyl (C=O) groups is 2. The van der Waals surface area contributed by atoms with Gasteiger partial charge in [-0.05, 0) is 36.2 Å². The number of nitrogens with one attached hydrogen (secondary N) is 1. The molecule has 3 aromatic rings. The smallest absolute Gasteiger partial charge is 0.251 e. The lowest BCUT2D eigenvalue weighted by atomic mass is 10.0. The summed E-state index contributed by atoms with van der Waals surface area (Å²) >= 11 is 0. The summed E-state index contributed by atoms with van der Waals surface area (Å²) in [5.41, 5.74) is 4.01. The number of rotatable bonds is 6. The summed E-state index contributed by atoms with van der Waals surface area (Å²) in [5.74, 6) is -0.103. The van der Waals surface area contributed by atoms with Crippen LogP contribution in [0.25, 0.3) is 0 Å². The van der Waals surface area contributed by atoms with E-state index in [2.05, 4.69) is 35.3 Å². The molecule has 3 aromatic carbocycles. The quantitative estimate of drug-likeness (QED) is 0.641. The molecule has 0 saturated carbocycles. The zero-order valence-electron chi connectivity index (χ0n) is 18.4. The Morgan fingerprint density at radius 1 is 0.812 bits per heavy atom. The number of anilines is 1. The number of nitrogens with zero attached hydrogens (tertiary/aromatic N) is 2. The predicted octanol–water partition coefficient (Wildman–Crippen LogP) is 4.21. The van der Waals surface area contributed by atoms with E-state index in [0.29, 0.717) is 18.7 Å². The Hall–Kier alpha value is -3.60. The van der Waals surface area contributed by atoms with Crippen LogP contribution in [0, 0.1) is 6.92 Å². The molecule has 2 amide bonds. The number of hydrogen-bond donors (Lipinski definition) is 1. The first kappa shape index (κ1) is 21.6. The van der Waals surface area contributed by atoms with Crippen molar-refractivity contribution in [1.29, 1.82) is 0 Å². The van der Waals surface area contributed by atoms with Gasteiger partial charge >= 0.3 is 0 Å². The minimum absolute atomic E-state index is 0.0663. The van der Waals surface area contributed by atoms with Gasteiger partial charge in [0.05, 0.1) is 12.5 Å². The standard InChI is InChI=1S/C27H29N3O2/c1-21-10-8-9-15-25(21)29-16-18-30(19-17-29)26(31)20-24(22-11-4-2-5-12-22)28-27(32)23-13-6-3-7-14-23/h2-15,24H,16-20H2,1H3,(H,28,32)/t24-/m1/s1. The molecule has 1 heterocycles. The summed E-state index contributed by atoms with van der Waals surface area (Å²) in [6.45, 7) is 5.10. The van der Waals surface area contributed by atoms with Crippen molar-refractivity contribution in [2.45, 2.75) is 19.4 Å². The molecule has 0 radical (unpaired) electrons.